The van der Waals surface area contributed by atoms with Crippen LogP contribution in [0.25, 0.3) is 0 Å². The van der Waals surface area contributed by atoms with E-state index in [2.05, 4.69) is 5.32 Å². The Morgan fingerprint density at radius 2 is 1.85 bits per heavy atom. The van der Waals surface area contributed by atoms with Crippen LogP contribution in [0.1, 0.15) is 48.2 Å². The van der Waals surface area contributed by atoms with E-state index in [4.69, 9.17) is 4.74 Å². The Labute approximate surface area is 236 Å². The zero-order valence-corrected chi connectivity index (χ0v) is 23.1. The third-order valence-electron chi connectivity index (χ3n) is 7.26. The first-order chi connectivity index (χ1) is 19.5. The van der Waals surface area contributed by atoms with Crippen LogP contribution in [0, 0.1) is 5.92 Å². The first-order valence-corrected chi connectivity index (χ1v) is 13.7. The molecule has 1 aliphatic heterocycles. The number of alkyl halides is 3. The number of carboxylic acid groups (broad SMARTS) is 1. The summed E-state index contributed by atoms with van der Waals surface area (Å²) in [5, 5.41) is 12.5. The summed E-state index contributed by atoms with van der Waals surface area (Å²) in [6, 6.07) is 9.62. The molecule has 0 bridgehead atoms. The maximum atomic E-state index is 13.7. The number of carbonyl (C=O) groups is 3. The predicted molar refractivity (Wildman–Crippen MR) is 146 cm³/mol. The zero-order valence-electron chi connectivity index (χ0n) is 23.1. The Hall–Kier alpha value is -3.96. The van der Waals surface area contributed by atoms with Crippen LogP contribution in [0.3, 0.4) is 0 Å². The third-order valence-corrected chi connectivity index (χ3v) is 7.26. The van der Waals surface area contributed by atoms with Gasteiger partial charge in [0.05, 0.1) is 29.9 Å². The van der Waals surface area contributed by atoms with Crippen LogP contribution in [0.4, 0.5) is 23.7 Å². The van der Waals surface area contributed by atoms with E-state index >= 15 is 0 Å². The number of amides is 3. The highest BCUT2D eigenvalue weighted by molar-refractivity contribution is 5.99. The van der Waals surface area contributed by atoms with E-state index in [0.29, 0.717) is 42.6 Å². The molecule has 2 aromatic rings. The highest BCUT2D eigenvalue weighted by atomic mass is 19.4. The highest BCUT2D eigenvalue weighted by Crippen LogP contribution is 2.35. The average Bonchev–Trinajstić information content (AvgIpc) is 3.75. The molecule has 2 aliphatic rings. The molecule has 0 unspecified atom stereocenters. The highest BCUT2D eigenvalue weighted by Gasteiger charge is 2.34. The fourth-order valence-electron chi connectivity index (χ4n) is 4.83. The minimum atomic E-state index is -4.62. The predicted octanol–water partition coefficient (Wildman–Crippen LogP) is 4.78. The summed E-state index contributed by atoms with van der Waals surface area (Å²) < 4.78 is 46.9. The lowest BCUT2D eigenvalue weighted by Crippen LogP contribution is -2.44. The molecule has 41 heavy (non-hydrogen) atoms. The maximum Gasteiger partial charge on any atom is 0.416 e. The van der Waals surface area contributed by atoms with Gasteiger partial charge in [-0.2, -0.15) is 13.2 Å². The normalized spacial score (nSPS) is 15.2. The molecule has 1 heterocycles. The van der Waals surface area contributed by atoms with Crippen molar-refractivity contribution in [1.82, 2.24) is 14.7 Å². The summed E-state index contributed by atoms with van der Waals surface area (Å²) in [6.07, 6.45) is -3.60. The third kappa shape index (κ3) is 7.62. The quantitative estimate of drug-likeness (QED) is 0.399. The Morgan fingerprint density at radius 3 is 2.51 bits per heavy atom. The van der Waals surface area contributed by atoms with Crippen molar-refractivity contribution in [2.45, 2.75) is 45.5 Å². The molecule has 222 valence electrons. The summed E-state index contributed by atoms with van der Waals surface area (Å²) in [4.78, 5) is 42.4. The van der Waals surface area contributed by atoms with Gasteiger partial charge in [-0.3, -0.25) is 9.59 Å². The topological polar surface area (TPSA) is 102 Å². The summed E-state index contributed by atoms with van der Waals surface area (Å²) in [5.41, 5.74) is -0.160. The fourth-order valence-corrected chi connectivity index (χ4v) is 4.83. The van der Waals surface area contributed by atoms with Gasteiger partial charge in [-0.25, -0.2) is 4.79 Å². The number of carbonyl (C=O) groups excluding carboxylic acids is 2. The molecule has 0 atom stereocenters. The van der Waals surface area contributed by atoms with Gasteiger partial charge in [0.15, 0.2) is 5.75 Å². The van der Waals surface area contributed by atoms with Crippen molar-refractivity contribution in [2.24, 2.45) is 5.92 Å². The molecule has 0 aromatic heterocycles. The maximum absolute atomic E-state index is 13.7. The van der Waals surface area contributed by atoms with Crippen molar-refractivity contribution in [1.29, 1.82) is 0 Å². The van der Waals surface area contributed by atoms with Crippen molar-refractivity contribution < 1.29 is 37.4 Å². The molecule has 0 saturated heterocycles. The molecule has 0 spiro atoms. The van der Waals surface area contributed by atoms with Crippen LogP contribution in [0.2, 0.25) is 0 Å². The van der Waals surface area contributed by atoms with Gasteiger partial charge >= 0.3 is 12.3 Å². The standard InChI is InChI=1S/C29H35F3N4O5/c1-19(2)36(28(39)40)13-12-34(18-21-6-3-4-8-23(21)29(30,31)32)25(37)16-33-24-9-5-7-22-26(24)41-15-14-35(27(22)38)17-20-10-11-20/h3-9,19-20,33H,10-18H2,1-2H3,(H,39,40). The fraction of sp³-hybridized carbons (Fsp3) is 0.483. The number of nitrogens with zero attached hydrogens (tertiary/aromatic N) is 3. The van der Waals surface area contributed by atoms with E-state index in [-0.39, 0.29) is 43.7 Å². The van der Waals surface area contributed by atoms with Crippen LogP contribution >= 0.6 is 0 Å². The van der Waals surface area contributed by atoms with Gasteiger partial charge in [0.2, 0.25) is 5.91 Å². The number of nitrogens with one attached hydrogen (secondary N) is 1. The van der Waals surface area contributed by atoms with Gasteiger partial charge in [0.25, 0.3) is 5.91 Å². The molecular formula is C29H35F3N4O5. The number of hydrogen-bond donors (Lipinski definition) is 2. The van der Waals surface area contributed by atoms with E-state index in [1.54, 1.807) is 36.9 Å². The second-order valence-electron chi connectivity index (χ2n) is 10.6. The molecular weight excluding hydrogens is 541 g/mol. The van der Waals surface area contributed by atoms with Gasteiger partial charge in [-0.15, -0.1) is 0 Å². The zero-order chi connectivity index (χ0) is 29.7. The number of fused-ring (bicyclic) bond motifs is 1. The molecule has 1 fully saturated rings. The summed E-state index contributed by atoms with van der Waals surface area (Å²) in [5.74, 6) is 0.159. The lowest BCUT2D eigenvalue weighted by atomic mass is 10.1. The molecule has 9 nitrogen and oxygen atoms in total. The Kier molecular flexibility index (Phi) is 9.29. The molecule has 4 rings (SSSR count). The van der Waals surface area contributed by atoms with Crippen LogP contribution in [-0.4, -0.2) is 83.1 Å². The average molecular weight is 577 g/mol. The Bertz CT molecular complexity index is 1270. The lowest BCUT2D eigenvalue weighted by Gasteiger charge is -2.29. The molecule has 3 amide bonds. The monoisotopic (exact) mass is 576 g/mol. The van der Waals surface area contributed by atoms with E-state index < -0.39 is 23.7 Å². The van der Waals surface area contributed by atoms with Gasteiger partial charge in [-0.05, 0) is 56.4 Å². The molecule has 2 aromatic carbocycles. The van der Waals surface area contributed by atoms with E-state index in [9.17, 15) is 32.7 Å². The minimum Gasteiger partial charge on any atom is -0.489 e. The van der Waals surface area contributed by atoms with Gasteiger partial charge in [0, 0.05) is 32.2 Å². The van der Waals surface area contributed by atoms with Gasteiger partial charge in [0.1, 0.15) is 6.61 Å². The Balaban J connectivity index is 1.52. The number of rotatable bonds is 11. The summed E-state index contributed by atoms with van der Waals surface area (Å²) in [7, 11) is 0. The van der Waals surface area contributed by atoms with Crippen LogP contribution in [0.5, 0.6) is 5.75 Å². The number of ether oxygens (including phenoxy) is 1. The smallest absolute Gasteiger partial charge is 0.416 e. The van der Waals surface area contributed by atoms with Crippen molar-refractivity contribution >= 4 is 23.6 Å². The largest absolute Gasteiger partial charge is 0.489 e. The van der Waals surface area contributed by atoms with Crippen molar-refractivity contribution in [2.75, 3.05) is 44.6 Å². The molecule has 1 aliphatic carbocycles. The number of hydrogen-bond acceptors (Lipinski definition) is 5. The van der Waals surface area contributed by atoms with E-state index in [0.717, 1.165) is 23.8 Å². The number of para-hydroxylation sites is 1. The first-order valence-electron chi connectivity index (χ1n) is 13.7. The van der Waals surface area contributed by atoms with Crippen LogP contribution in [-0.2, 0) is 17.5 Å². The Morgan fingerprint density at radius 1 is 1.12 bits per heavy atom. The SMILES string of the molecule is CC(C)N(CCN(Cc1ccccc1C(F)(F)F)C(=O)CNc1cccc2c1OCCN(CC1CC1)C2=O)C(=O)O. The second kappa shape index (κ2) is 12.7. The molecule has 1 saturated carbocycles. The van der Waals surface area contributed by atoms with Crippen molar-refractivity contribution in [3.05, 3.63) is 59.2 Å². The van der Waals surface area contributed by atoms with E-state index in [1.165, 1.54) is 23.1 Å². The van der Waals surface area contributed by atoms with Crippen molar-refractivity contribution in [3.63, 3.8) is 0 Å². The van der Waals surface area contributed by atoms with Crippen LogP contribution in [0.15, 0.2) is 42.5 Å². The lowest BCUT2D eigenvalue weighted by molar-refractivity contribution is -0.139. The van der Waals surface area contributed by atoms with Crippen LogP contribution < -0.4 is 10.1 Å². The number of benzene rings is 2. The second-order valence-corrected chi connectivity index (χ2v) is 10.6. The summed E-state index contributed by atoms with van der Waals surface area (Å²) >= 11 is 0. The number of anilines is 1. The van der Waals surface area contributed by atoms with E-state index in [1.807, 2.05) is 0 Å². The van der Waals surface area contributed by atoms with Gasteiger partial charge in [-0.1, -0.05) is 24.3 Å². The van der Waals surface area contributed by atoms with Gasteiger partial charge < -0.3 is 29.9 Å². The summed E-state index contributed by atoms with van der Waals surface area (Å²) in [6.45, 7) is 3.91. The molecule has 0 radical (unpaired) electrons. The molecule has 2 N–H and O–H groups in total. The first kappa shape index (κ1) is 30.0. The molecule has 12 heteroatoms. The van der Waals surface area contributed by atoms with Crippen molar-refractivity contribution in [3.8, 4) is 5.75 Å². The number of halogens is 3. The minimum absolute atomic E-state index is 0.0812.